The number of Topliss-reactive ketones (excluding diaryl/α,β-unsaturated/α-hetero) is 1. The summed E-state index contributed by atoms with van der Waals surface area (Å²) in [6, 6.07) is 0. The van der Waals surface area contributed by atoms with Gasteiger partial charge < -0.3 is 44.0 Å². The van der Waals surface area contributed by atoms with Crippen molar-refractivity contribution >= 4 is 37.4 Å². The van der Waals surface area contributed by atoms with Gasteiger partial charge in [0.1, 0.15) is 18.5 Å². The van der Waals surface area contributed by atoms with Gasteiger partial charge in [-0.2, -0.15) is 0 Å². The van der Waals surface area contributed by atoms with E-state index < -0.39 is 75.0 Å². The van der Waals surface area contributed by atoms with Crippen LogP contribution in [0.15, 0.2) is 0 Å². The zero-order valence-electron chi connectivity index (χ0n) is 18.2. The highest BCUT2D eigenvalue weighted by molar-refractivity contribution is 7.46. The maximum absolute atomic E-state index is 12.3. The van der Waals surface area contributed by atoms with Crippen LogP contribution in [0.4, 0.5) is 0 Å². The Morgan fingerprint density at radius 1 is 0.970 bits per heavy atom. The highest BCUT2D eigenvalue weighted by Crippen LogP contribution is 2.44. The van der Waals surface area contributed by atoms with E-state index in [1.54, 1.807) is 0 Å². The second-order valence-corrected chi connectivity index (χ2v) is 8.28. The molecule has 0 aromatic heterocycles. The smallest absolute Gasteiger partial charge is 0.463 e. The third-order valence-electron chi connectivity index (χ3n) is 4.08. The minimum atomic E-state index is -5.41. The summed E-state index contributed by atoms with van der Waals surface area (Å²) in [5.74, 6) is -4.23. The number of ether oxygens (including phenoxy) is 4. The van der Waals surface area contributed by atoms with Gasteiger partial charge in [-0.15, -0.1) is 0 Å². The molecule has 0 unspecified atom stereocenters. The number of phosphoric ester groups is 1. The number of ketones is 1. The summed E-state index contributed by atoms with van der Waals surface area (Å²) in [5.41, 5.74) is -3.02. The molecule has 0 spiro atoms. The number of phosphoric acid groups is 1. The minimum absolute atomic E-state index is 0.256. The van der Waals surface area contributed by atoms with E-state index in [0.29, 0.717) is 0 Å². The predicted molar refractivity (Wildman–Crippen MR) is 103 cm³/mol. The normalized spacial score (nSPS) is 27.2. The first-order valence-corrected chi connectivity index (χ1v) is 11.0. The molecule has 1 saturated heterocycles. The van der Waals surface area contributed by atoms with E-state index in [0.717, 1.165) is 20.8 Å². The molecule has 1 heterocycles. The Labute approximate surface area is 187 Å². The van der Waals surface area contributed by atoms with Crippen molar-refractivity contribution in [1.29, 1.82) is 0 Å². The van der Waals surface area contributed by atoms with Gasteiger partial charge in [0.05, 0.1) is 0 Å². The lowest BCUT2D eigenvalue weighted by Gasteiger charge is -2.49. The zero-order valence-corrected chi connectivity index (χ0v) is 19.1. The first-order valence-electron chi connectivity index (χ1n) is 9.45. The number of carbonyl (C=O) groups excluding carboxylic acids is 5. The van der Waals surface area contributed by atoms with E-state index in [-0.39, 0.29) is 12.2 Å². The molecule has 16 heteroatoms. The van der Waals surface area contributed by atoms with E-state index in [2.05, 4.69) is 4.52 Å². The molecule has 15 nitrogen and oxygen atoms in total. The van der Waals surface area contributed by atoms with Crippen LogP contribution in [-0.4, -0.2) is 81.4 Å². The molecule has 1 aliphatic rings. The van der Waals surface area contributed by atoms with Crippen molar-refractivity contribution in [2.45, 2.75) is 70.9 Å². The number of hydrogen-bond acceptors (Lipinski definition) is 12. The molecule has 1 amide bonds. The molecule has 0 aromatic carbocycles. The molecule has 33 heavy (non-hydrogen) atoms. The van der Waals surface area contributed by atoms with Crippen molar-refractivity contribution in [2.24, 2.45) is 0 Å². The molecule has 188 valence electrons. The Morgan fingerprint density at radius 3 is 2.00 bits per heavy atom. The summed E-state index contributed by atoms with van der Waals surface area (Å²) in [6.07, 6.45) is -8.48. The lowest BCUT2D eigenvalue weighted by atomic mass is 9.92. The van der Waals surface area contributed by atoms with Crippen molar-refractivity contribution < 1.29 is 66.9 Å². The van der Waals surface area contributed by atoms with E-state index in [1.807, 2.05) is 5.32 Å². The highest BCUT2D eigenvalue weighted by Gasteiger charge is 2.62. The number of nitrogens with one attached hydrogen (secondary N) is 1. The summed E-state index contributed by atoms with van der Waals surface area (Å²) in [7, 11) is -5.41. The van der Waals surface area contributed by atoms with Gasteiger partial charge >= 0.3 is 25.7 Å². The van der Waals surface area contributed by atoms with Crippen molar-refractivity contribution in [2.75, 3.05) is 6.61 Å². The summed E-state index contributed by atoms with van der Waals surface area (Å²) in [6.45, 7) is 3.40. The maximum atomic E-state index is 12.3. The van der Waals surface area contributed by atoms with Gasteiger partial charge in [-0.1, -0.05) is 0 Å². The van der Waals surface area contributed by atoms with Crippen LogP contribution >= 0.6 is 7.82 Å². The number of esters is 3. The lowest BCUT2D eigenvalue weighted by Crippen LogP contribution is -2.75. The number of rotatable bonds is 10. The molecule has 0 bridgehead atoms. The second kappa shape index (κ2) is 11.6. The van der Waals surface area contributed by atoms with E-state index in [4.69, 9.17) is 18.9 Å². The number of hydrogen-bond donors (Lipinski definition) is 4. The number of amides is 1. The molecule has 0 radical (unpaired) electrons. The van der Waals surface area contributed by atoms with Gasteiger partial charge in [0.25, 0.3) is 0 Å². The second-order valence-electron chi connectivity index (χ2n) is 7.08. The van der Waals surface area contributed by atoms with Gasteiger partial charge in [0.2, 0.25) is 17.9 Å². The molecule has 0 saturated carbocycles. The summed E-state index contributed by atoms with van der Waals surface area (Å²) in [4.78, 5) is 76.7. The highest BCUT2D eigenvalue weighted by atomic mass is 31.2. The Bertz CT molecular complexity index is 825. The van der Waals surface area contributed by atoms with E-state index in [1.165, 1.54) is 6.92 Å². The van der Waals surface area contributed by atoms with Gasteiger partial charge in [0.15, 0.2) is 12.2 Å². The van der Waals surface area contributed by atoms with Crippen LogP contribution in [-0.2, 0) is 52.0 Å². The van der Waals surface area contributed by atoms with Crippen molar-refractivity contribution in [1.82, 2.24) is 5.32 Å². The molecule has 0 aromatic rings. The molecule has 1 aliphatic heterocycles. The standard InChI is InChI=1S/C17H26NO14P/c1-8(19)5-6-13(23)18-17(24)15(30-11(4)22)14(29-10(3)21)12(7-28-9(2)20)31-16(17)32-33(25,26)27/h12,14-16,24H,5-7H2,1-4H3,(H,18,23)(H2,25,26,27)/t12-,14-,15+,16+,17-/m1/s1. The fraction of sp³-hybridized carbons (Fsp3) is 0.706. The Hall–Kier alpha value is -2.42. The van der Waals surface area contributed by atoms with Crippen LogP contribution in [0.2, 0.25) is 0 Å². The minimum Gasteiger partial charge on any atom is -0.463 e. The summed E-state index contributed by atoms with van der Waals surface area (Å²) in [5, 5.41) is 13.2. The molecule has 1 rings (SSSR count). The molecular weight excluding hydrogens is 473 g/mol. The summed E-state index contributed by atoms with van der Waals surface area (Å²) < 4.78 is 36.1. The first kappa shape index (κ1) is 28.6. The van der Waals surface area contributed by atoms with Crippen molar-refractivity contribution in [3.63, 3.8) is 0 Å². The van der Waals surface area contributed by atoms with Gasteiger partial charge in [-0.3, -0.25) is 23.7 Å². The lowest BCUT2D eigenvalue weighted by molar-refractivity contribution is -0.333. The SMILES string of the molecule is CC(=O)CCC(=O)N[C@]1(O)[C@H](OP(=O)(O)O)O[C@H](COC(C)=O)[C@@H](OC(C)=O)[C@@H]1OC(C)=O. The maximum Gasteiger partial charge on any atom is 0.472 e. The van der Waals surface area contributed by atoms with Crippen molar-refractivity contribution in [3.05, 3.63) is 0 Å². The number of carbonyl (C=O) groups is 5. The predicted octanol–water partition coefficient (Wildman–Crippen LogP) is -1.58. The Morgan fingerprint density at radius 2 is 1.55 bits per heavy atom. The molecule has 4 N–H and O–H groups in total. The third-order valence-corrected chi connectivity index (χ3v) is 4.55. The van der Waals surface area contributed by atoms with Gasteiger partial charge in [-0.05, 0) is 6.92 Å². The zero-order chi connectivity index (χ0) is 25.6. The van der Waals surface area contributed by atoms with Crippen LogP contribution in [0, 0.1) is 0 Å². The Kier molecular flexibility index (Phi) is 10.1. The first-order chi connectivity index (χ1) is 15.0. The Balaban J connectivity index is 3.51. The molecule has 1 fully saturated rings. The van der Waals surface area contributed by atoms with E-state index >= 15 is 0 Å². The average molecular weight is 499 g/mol. The van der Waals surface area contributed by atoms with E-state index in [9.17, 15) is 43.4 Å². The van der Waals surface area contributed by atoms with Gasteiger partial charge in [-0.25, -0.2) is 4.57 Å². The van der Waals surface area contributed by atoms with Crippen LogP contribution < -0.4 is 5.32 Å². The molecule has 5 atom stereocenters. The number of aliphatic hydroxyl groups is 1. The fourth-order valence-electron chi connectivity index (χ4n) is 2.85. The summed E-state index contributed by atoms with van der Waals surface area (Å²) >= 11 is 0. The van der Waals surface area contributed by atoms with Crippen molar-refractivity contribution in [3.8, 4) is 0 Å². The fourth-order valence-corrected chi connectivity index (χ4v) is 3.31. The largest absolute Gasteiger partial charge is 0.472 e. The average Bonchev–Trinajstić information content (AvgIpc) is 2.62. The van der Waals surface area contributed by atoms with Crippen LogP contribution in [0.25, 0.3) is 0 Å². The van der Waals surface area contributed by atoms with Crippen LogP contribution in [0.5, 0.6) is 0 Å². The quantitative estimate of drug-likeness (QED) is 0.115. The van der Waals surface area contributed by atoms with Crippen LogP contribution in [0.3, 0.4) is 0 Å². The van der Waals surface area contributed by atoms with Gasteiger partial charge in [0, 0.05) is 33.6 Å². The topological polar surface area (TPSA) is 221 Å². The monoisotopic (exact) mass is 499 g/mol. The third kappa shape index (κ3) is 9.15. The molecule has 0 aliphatic carbocycles. The molecular formula is C17H26NO14P. The van der Waals surface area contributed by atoms with Crippen LogP contribution in [0.1, 0.15) is 40.5 Å².